The molecule has 136 valence electrons. The minimum atomic E-state index is -1.41. The van der Waals surface area contributed by atoms with Crippen molar-refractivity contribution in [2.24, 2.45) is 5.73 Å². The Morgan fingerprint density at radius 1 is 1.40 bits per heavy atom. The Labute approximate surface area is 149 Å². The summed E-state index contributed by atoms with van der Waals surface area (Å²) in [6.07, 6.45) is 0.402. The average Bonchev–Trinajstić information content (AvgIpc) is 2.96. The topological polar surface area (TPSA) is 145 Å². The highest BCUT2D eigenvalue weighted by atomic mass is 32.1. The zero-order valence-electron chi connectivity index (χ0n) is 13.9. The molecule has 8 nitrogen and oxygen atoms in total. The second kappa shape index (κ2) is 9.05. The predicted octanol–water partition coefficient (Wildman–Crippen LogP) is -0.833. The van der Waals surface area contributed by atoms with Crippen LogP contribution in [0.4, 0.5) is 4.79 Å². The first-order valence-corrected chi connectivity index (χ1v) is 8.30. The summed E-state index contributed by atoms with van der Waals surface area (Å²) < 4.78 is 0. The lowest BCUT2D eigenvalue weighted by molar-refractivity contribution is -0.308. The first kappa shape index (κ1) is 20.5. The summed E-state index contributed by atoms with van der Waals surface area (Å²) in [4.78, 5) is 34.7. The van der Waals surface area contributed by atoms with Crippen LogP contribution < -0.4 is 21.5 Å². The van der Waals surface area contributed by atoms with E-state index in [1.807, 2.05) is 0 Å². The average molecular weight is 366 g/mol. The standard InChI is InChI=1S/C16H21N3O5S/c1-16(2,24)8-7-10-5-6-12(25-10)13(20)19-11(14(21)22)4-3-9-18-15(17)23/h5-6,11,24H,3-4,9H2,1-2H3,(H,19,20)(H,21,22)(H3,17,18,23)/p-1/t11-/m0/s1. The van der Waals surface area contributed by atoms with E-state index in [4.69, 9.17) is 5.73 Å². The van der Waals surface area contributed by atoms with Gasteiger partial charge in [0, 0.05) is 6.54 Å². The number of carboxylic acid groups (broad SMARTS) is 1. The fourth-order valence-corrected chi connectivity index (χ4v) is 2.50. The van der Waals surface area contributed by atoms with E-state index in [1.165, 1.54) is 6.07 Å². The van der Waals surface area contributed by atoms with Crippen LogP contribution >= 0.6 is 11.3 Å². The lowest BCUT2D eigenvalue weighted by Crippen LogP contribution is -2.48. The number of aliphatic hydroxyl groups is 1. The van der Waals surface area contributed by atoms with Crippen LogP contribution in [0.2, 0.25) is 0 Å². The Hall–Kier alpha value is -2.57. The normalized spacial score (nSPS) is 11.8. The molecule has 1 rings (SSSR count). The van der Waals surface area contributed by atoms with Crippen molar-refractivity contribution in [3.63, 3.8) is 0 Å². The summed E-state index contributed by atoms with van der Waals surface area (Å²) in [5.74, 6) is 3.41. The fraction of sp³-hybridized carbons (Fsp3) is 0.438. The third-order valence-corrected chi connectivity index (χ3v) is 3.88. The van der Waals surface area contributed by atoms with E-state index in [-0.39, 0.29) is 13.0 Å². The van der Waals surface area contributed by atoms with Crippen molar-refractivity contribution in [2.75, 3.05) is 6.54 Å². The number of nitrogens with one attached hydrogen (secondary N) is 2. The molecule has 5 N–H and O–H groups in total. The molecule has 0 radical (unpaired) electrons. The molecule has 0 spiro atoms. The third-order valence-electron chi connectivity index (χ3n) is 2.88. The van der Waals surface area contributed by atoms with E-state index in [2.05, 4.69) is 22.5 Å². The molecule has 0 saturated heterocycles. The van der Waals surface area contributed by atoms with Gasteiger partial charge in [-0.15, -0.1) is 11.3 Å². The van der Waals surface area contributed by atoms with Gasteiger partial charge in [0.1, 0.15) is 5.60 Å². The van der Waals surface area contributed by atoms with Gasteiger partial charge in [-0.3, -0.25) is 4.79 Å². The van der Waals surface area contributed by atoms with Crippen LogP contribution in [-0.2, 0) is 4.79 Å². The number of hydrogen-bond acceptors (Lipinski definition) is 6. The number of carboxylic acids is 1. The van der Waals surface area contributed by atoms with Gasteiger partial charge in [-0.25, -0.2) is 4.79 Å². The Bertz CT molecular complexity index is 697. The maximum Gasteiger partial charge on any atom is 0.312 e. The number of carbonyl (C=O) groups excluding carboxylic acids is 3. The first-order valence-electron chi connectivity index (χ1n) is 7.49. The van der Waals surface area contributed by atoms with Crippen molar-refractivity contribution in [1.29, 1.82) is 0 Å². The maximum atomic E-state index is 12.1. The lowest BCUT2D eigenvalue weighted by atomic mass is 10.1. The summed E-state index contributed by atoms with van der Waals surface area (Å²) in [7, 11) is 0. The van der Waals surface area contributed by atoms with Crippen molar-refractivity contribution in [3.8, 4) is 11.8 Å². The van der Waals surface area contributed by atoms with Crippen LogP contribution in [0.5, 0.6) is 0 Å². The van der Waals surface area contributed by atoms with Crippen LogP contribution in [0, 0.1) is 11.8 Å². The molecule has 9 heteroatoms. The molecule has 1 atom stereocenters. The second-order valence-corrected chi connectivity index (χ2v) is 6.84. The summed E-state index contributed by atoms with van der Waals surface area (Å²) >= 11 is 1.08. The first-order chi connectivity index (χ1) is 11.6. The summed E-state index contributed by atoms with van der Waals surface area (Å²) in [6, 6.07) is 1.25. The number of urea groups is 1. The minimum Gasteiger partial charge on any atom is -0.548 e. The Morgan fingerprint density at radius 2 is 2.08 bits per heavy atom. The van der Waals surface area contributed by atoms with E-state index < -0.39 is 29.6 Å². The van der Waals surface area contributed by atoms with Gasteiger partial charge < -0.3 is 31.4 Å². The van der Waals surface area contributed by atoms with Crippen molar-refractivity contribution in [2.45, 2.75) is 38.3 Å². The molecule has 0 fully saturated rings. The molecule has 1 heterocycles. The number of amides is 3. The van der Waals surface area contributed by atoms with Gasteiger partial charge in [-0.05, 0) is 38.8 Å². The highest BCUT2D eigenvalue weighted by Gasteiger charge is 2.16. The molecule has 0 aromatic carbocycles. The monoisotopic (exact) mass is 366 g/mol. The van der Waals surface area contributed by atoms with E-state index >= 15 is 0 Å². The molecular weight excluding hydrogens is 346 g/mol. The van der Waals surface area contributed by atoms with Gasteiger partial charge in [0.2, 0.25) is 0 Å². The number of aliphatic carboxylic acids is 1. The summed E-state index contributed by atoms with van der Waals surface area (Å²) in [6.45, 7) is 3.28. The number of primary amides is 1. The molecule has 0 aliphatic carbocycles. The van der Waals surface area contributed by atoms with Crippen molar-refractivity contribution < 1.29 is 24.6 Å². The number of hydrogen-bond donors (Lipinski definition) is 4. The maximum absolute atomic E-state index is 12.1. The van der Waals surface area contributed by atoms with Crippen LogP contribution in [0.1, 0.15) is 41.2 Å². The molecule has 0 saturated carbocycles. The largest absolute Gasteiger partial charge is 0.548 e. The smallest absolute Gasteiger partial charge is 0.312 e. The third kappa shape index (κ3) is 8.19. The van der Waals surface area contributed by atoms with E-state index in [9.17, 15) is 24.6 Å². The zero-order chi connectivity index (χ0) is 19.0. The van der Waals surface area contributed by atoms with Crippen LogP contribution in [0.15, 0.2) is 12.1 Å². The van der Waals surface area contributed by atoms with Crippen LogP contribution in [-0.4, -0.2) is 41.2 Å². The lowest BCUT2D eigenvalue weighted by Gasteiger charge is -2.19. The zero-order valence-corrected chi connectivity index (χ0v) is 14.7. The van der Waals surface area contributed by atoms with Gasteiger partial charge >= 0.3 is 6.03 Å². The second-order valence-electron chi connectivity index (χ2n) is 5.75. The van der Waals surface area contributed by atoms with Gasteiger partial charge in [0.15, 0.2) is 0 Å². The number of thiophene rings is 1. The molecule has 1 aromatic heterocycles. The fourth-order valence-electron chi connectivity index (χ4n) is 1.74. The molecular formula is C16H20N3O5S-. The van der Waals surface area contributed by atoms with Crippen molar-refractivity contribution >= 4 is 29.2 Å². The molecule has 0 unspecified atom stereocenters. The molecule has 3 amide bonds. The highest BCUT2D eigenvalue weighted by molar-refractivity contribution is 7.14. The van der Waals surface area contributed by atoms with E-state index in [0.29, 0.717) is 16.2 Å². The SMILES string of the molecule is CC(C)(O)C#Cc1ccc(C(=O)N[C@@H](CCCNC(N)=O)C(=O)[O-])s1. The quantitative estimate of drug-likeness (QED) is 0.368. The van der Waals surface area contributed by atoms with E-state index in [0.717, 1.165) is 11.3 Å². The molecule has 1 aromatic rings. The molecule has 0 bridgehead atoms. The van der Waals surface area contributed by atoms with Crippen LogP contribution in [0.25, 0.3) is 0 Å². The van der Waals surface area contributed by atoms with Gasteiger partial charge in [0.05, 0.1) is 21.8 Å². The molecule has 0 aliphatic rings. The highest BCUT2D eigenvalue weighted by Crippen LogP contribution is 2.16. The number of rotatable bonds is 7. The van der Waals surface area contributed by atoms with Gasteiger partial charge in [-0.2, -0.15) is 0 Å². The number of carbonyl (C=O) groups is 3. The summed E-state index contributed by atoms with van der Waals surface area (Å²) in [5.41, 5.74) is 3.76. The minimum absolute atomic E-state index is 0.0884. The molecule has 25 heavy (non-hydrogen) atoms. The van der Waals surface area contributed by atoms with Crippen molar-refractivity contribution in [3.05, 3.63) is 21.9 Å². The van der Waals surface area contributed by atoms with Gasteiger partial charge in [-0.1, -0.05) is 11.8 Å². The van der Waals surface area contributed by atoms with Crippen LogP contribution in [0.3, 0.4) is 0 Å². The number of nitrogens with two attached hydrogens (primary N) is 1. The Balaban J connectivity index is 2.65. The summed E-state index contributed by atoms with van der Waals surface area (Å²) in [5, 5.41) is 25.4. The van der Waals surface area contributed by atoms with Crippen molar-refractivity contribution in [1.82, 2.24) is 10.6 Å². The predicted molar refractivity (Wildman–Crippen MR) is 90.6 cm³/mol. The molecule has 0 aliphatic heterocycles. The van der Waals surface area contributed by atoms with E-state index in [1.54, 1.807) is 19.9 Å². The Morgan fingerprint density at radius 3 is 2.64 bits per heavy atom. The Kier molecular flexibility index (Phi) is 7.42. The van der Waals surface area contributed by atoms with Gasteiger partial charge in [0.25, 0.3) is 5.91 Å².